The predicted molar refractivity (Wildman–Crippen MR) is 50.7 cm³/mol. The van der Waals surface area contributed by atoms with Gasteiger partial charge in [-0.25, -0.2) is 4.79 Å². The second kappa shape index (κ2) is 4.69. The van der Waals surface area contributed by atoms with E-state index in [0.717, 1.165) is 18.9 Å². The highest BCUT2D eigenvalue weighted by Gasteiger charge is 2.49. The van der Waals surface area contributed by atoms with Crippen LogP contribution in [0.15, 0.2) is 0 Å². The average Bonchev–Trinajstić information content (AvgIpc) is 1.98. The Kier molecular flexibility index (Phi) is 5.28. The Morgan fingerprint density at radius 3 is 1.86 bits per heavy atom. The first kappa shape index (κ1) is 15.8. The summed E-state index contributed by atoms with van der Waals surface area (Å²) in [6.07, 6.45) is 0. The van der Waals surface area contributed by atoms with Gasteiger partial charge in [0.25, 0.3) is 10.1 Å². The lowest BCUT2D eigenvalue weighted by Crippen LogP contribution is -2.55. The lowest BCUT2D eigenvalue weighted by Gasteiger charge is -2.29. The van der Waals surface area contributed by atoms with Crippen LogP contribution in [0.1, 0.15) is 6.92 Å². The van der Waals surface area contributed by atoms with Crippen LogP contribution in [0.25, 0.3) is 0 Å². The molecule has 14 heavy (non-hydrogen) atoms. The Balaban J connectivity index is 0. The maximum atomic E-state index is 11.1. The van der Waals surface area contributed by atoms with Crippen LogP contribution in [0.2, 0.25) is 0 Å². The van der Waals surface area contributed by atoms with E-state index in [1.54, 1.807) is 0 Å². The first-order chi connectivity index (χ1) is 5.67. The zero-order chi connectivity index (χ0) is 10.9. The highest BCUT2D eigenvalue weighted by molar-refractivity contribution is 7.88. The molecular formula is C6H16N2O5S. The van der Waals surface area contributed by atoms with E-state index in [9.17, 15) is 13.2 Å². The summed E-state index contributed by atoms with van der Waals surface area (Å²) in [5.41, 5.74) is 0. The highest BCUT2D eigenvalue weighted by Crippen LogP contribution is 2.19. The molecule has 86 valence electrons. The molecule has 0 fully saturated rings. The van der Waals surface area contributed by atoms with E-state index in [0.29, 0.717) is 0 Å². The van der Waals surface area contributed by atoms with Gasteiger partial charge in [0.2, 0.25) is 4.87 Å². The minimum Gasteiger partial charge on any atom is -0.467 e. The molecule has 0 aliphatic rings. The van der Waals surface area contributed by atoms with E-state index in [2.05, 4.69) is 4.74 Å². The van der Waals surface area contributed by atoms with Crippen molar-refractivity contribution < 1.29 is 22.5 Å². The largest absolute Gasteiger partial charge is 0.467 e. The van der Waals surface area contributed by atoms with Crippen molar-refractivity contribution in [3.8, 4) is 0 Å². The third-order valence-corrected chi connectivity index (χ3v) is 3.46. The summed E-state index contributed by atoms with van der Waals surface area (Å²) in [4.78, 5) is 10.1. The Morgan fingerprint density at radius 2 is 1.79 bits per heavy atom. The van der Waals surface area contributed by atoms with Gasteiger partial charge in [-0.05, 0) is 21.0 Å². The topological polar surface area (TPSA) is 119 Å². The van der Waals surface area contributed by atoms with Crippen LogP contribution in [0.5, 0.6) is 0 Å². The third kappa shape index (κ3) is 2.41. The normalized spacial score (nSPS) is 15.6. The zero-order valence-corrected chi connectivity index (χ0v) is 9.46. The molecule has 0 amide bonds. The zero-order valence-electron chi connectivity index (χ0n) is 8.64. The number of ether oxygens (including phenoxy) is 1. The van der Waals surface area contributed by atoms with Crippen molar-refractivity contribution in [3.63, 3.8) is 0 Å². The van der Waals surface area contributed by atoms with Gasteiger partial charge in [0.15, 0.2) is 0 Å². The minimum atomic E-state index is -4.52. The van der Waals surface area contributed by atoms with Gasteiger partial charge in [-0.15, -0.1) is 0 Å². The number of carbonyl (C=O) groups excluding carboxylic acids is 1. The summed E-state index contributed by atoms with van der Waals surface area (Å²) in [7, 11) is -0.769. The maximum absolute atomic E-state index is 11.1. The van der Waals surface area contributed by atoms with Crippen LogP contribution in [-0.2, 0) is 19.6 Å². The number of esters is 1. The Labute approximate surface area is 83.4 Å². The van der Waals surface area contributed by atoms with E-state index < -0.39 is 21.0 Å². The van der Waals surface area contributed by atoms with Gasteiger partial charge in [0, 0.05) is 0 Å². The highest BCUT2D eigenvalue weighted by atomic mass is 32.2. The lowest BCUT2D eigenvalue weighted by atomic mass is 10.3. The lowest BCUT2D eigenvalue weighted by molar-refractivity contribution is -0.147. The molecule has 0 spiro atoms. The smallest absolute Gasteiger partial charge is 0.344 e. The van der Waals surface area contributed by atoms with Crippen molar-refractivity contribution in [2.75, 3.05) is 21.2 Å². The van der Waals surface area contributed by atoms with Gasteiger partial charge in [-0.3, -0.25) is 9.45 Å². The minimum absolute atomic E-state index is 0. The number of carbonyl (C=O) groups is 1. The van der Waals surface area contributed by atoms with Crippen molar-refractivity contribution in [1.82, 2.24) is 11.1 Å². The molecule has 0 aliphatic carbocycles. The van der Waals surface area contributed by atoms with Crippen molar-refractivity contribution in [2.45, 2.75) is 11.8 Å². The van der Waals surface area contributed by atoms with E-state index in [-0.39, 0.29) is 6.15 Å². The summed E-state index contributed by atoms with van der Waals surface area (Å²) >= 11 is 0. The molecule has 0 saturated heterocycles. The summed E-state index contributed by atoms with van der Waals surface area (Å²) < 4.78 is 34.9. The number of nitrogens with zero attached hydrogens (tertiary/aromatic N) is 1. The predicted octanol–water partition coefficient (Wildman–Crippen LogP) is -0.513. The SMILES string of the molecule is COC(=O)C(C)(N(C)C)S(=O)(=O)O.N. The van der Waals surface area contributed by atoms with Crippen LogP contribution in [-0.4, -0.2) is 49.9 Å². The van der Waals surface area contributed by atoms with Gasteiger partial charge < -0.3 is 10.9 Å². The van der Waals surface area contributed by atoms with Gasteiger partial charge >= 0.3 is 5.97 Å². The molecule has 0 radical (unpaired) electrons. The van der Waals surface area contributed by atoms with E-state index in [1.807, 2.05) is 0 Å². The van der Waals surface area contributed by atoms with Gasteiger partial charge in [0.05, 0.1) is 7.11 Å². The molecule has 0 bridgehead atoms. The third-order valence-electron chi connectivity index (χ3n) is 1.92. The van der Waals surface area contributed by atoms with Crippen LogP contribution < -0.4 is 6.15 Å². The molecule has 0 aromatic carbocycles. The summed E-state index contributed by atoms with van der Waals surface area (Å²) in [6.45, 7) is 1.06. The Bertz CT molecular complexity index is 299. The second-order valence-electron chi connectivity index (χ2n) is 2.84. The monoisotopic (exact) mass is 228 g/mol. The quantitative estimate of drug-likeness (QED) is 0.493. The van der Waals surface area contributed by atoms with Crippen molar-refractivity contribution in [1.29, 1.82) is 0 Å². The molecule has 4 N–H and O–H groups in total. The summed E-state index contributed by atoms with van der Waals surface area (Å²) in [6, 6.07) is 0. The Hall–Kier alpha value is -0.700. The molecule has 0 aromatic rings. The molecular weight excluding hydrogens is 212 g/mol. The van der Waals surface area contributed by atoms with Crippen molar-refractivity contribution in [2.24, 2.45) is 0 Å². The van der Waals surface area contributed by atoms with E-state index in [1.165, 1.54) is 14.1 Å². The summed E-state index contributed by atoms with van der Waals surface area (Å²) in [5.74, 6) is -1.03. The average molecular weight is 228 g/mol. The first-order valence-electron chi connectivity index (χ1n) is 3.40. The molecule has 0 rings (SSSR count). The fourth-order valence-corrected chi connectivity index (χ4v) is 1.46. The van der Waals surface area contributed by atoms with Crippen LogP contribution in [0.4, 0.5) is 0 Å². The van der Waals surface area contributed by atoms with Crippen LogP contribution >= 0.6 is 0 Å². The van der Waals surface area contributed by atoms with Crippen molar-refractivity contribution >= 4 is 16.1 Å². The summed E-state index contributed by atoms with van der Waals surface area (Å²) in [5, 5.41) is 0. The molecule has 0 aliphatic heterocycles. The fourth-order valence-electron chi connectivity index (χ4n) is 0.708. The van der Waals surface area contributed by atoms with Gasteiger partial charge in [-0.2, -0.15) is 8.42 Å². The molecule has 0 heterocycles. The van der Waals surface area contributed by atoms with Crippen LogP contribution in [0, 0.1) is 0 Å². The second-order valence-corrected chi connectivity index (χ2v) is 4.59. The molecule has 1 atom stereocenters. The molecule has 7 nitrogen and oxygen atoms in total. The first-order valence-corrected chi connectivity index (χ1v) is 4.84. The molecule has 0 aromatic heterocycles. The number of rotatable bonds is 3. The number of likely N-dealkylation sites (N-methyl/N-ethyl adjacent to an activating group) is 1. The fraction of sp³-hybridized carbons (Fsp3) is 0.833. The van der Waals surface area contributed by atoms with E-state index in [4.69, 9.17) is 4.55 Å². The molecule has 0 saturated carbocycles. The molecule has 8 heteroatoms. The van der Waals surface area contributed by atoms with Gasteiger partial charge in [-0.1, -0.05) is 0 Å². The van der Waals surface area contributed by atoms with Gasteiger partial charge in [0.1, 0.15) is 0 Å². The van der Waals surface area contributed by atoms with Crippen LogP contribution in [0.3, 0.4) is 0 Å². The number of methoxy groups -OCH3 is 1. The van der Waals surface area contributed by atoms with Crippen molar-refractivity contribution in [3.05, 3.63) is 0 Å². The maximum Gasteiger partial charge on any atom is 0.344 e. The Morgan fingerprint density at radius 1 is 1.43 bits per heavy atom. The number of hydrogen-bond acceptors (Lipinski definition) is 6. The van der Waals surface area contributed by atoms with E-state index >= 15 is 0 Å². The standard InChI is InChI=1S/C6H13NO5S.H3N/c1-6(7(2)3,5(8)12-4)13(9,10)11;/h1-4H3,(H,9,10,11);1H3. The number of hydrogen-bond donors (Lipinski definition) is 2. The molecule has 1 unspecified atom stereocenters.